The van der Waals surface area contributed by atoms with Gasteiger partial charge in [0, 0.05) is 5.56 Å². The third-order valence-electron chi connectivity index (χ3n) is 5.76. The number of fused-ring (bicyclic) bond motifs is 1. The molecule has 2 aromatic carbocycles. The molecule has 3 N–H and O–H groups in total. The Morgan fingerprint density at radius 3 is 2.79 bits per heavy atom. The monoisotopic (exact) mass is 460 g/mol. The number of amides is 1. The van der Waals surface area contributed by atoms with Crippen molar-refractivity contribution >= 4 is 46.0 Å². The van der Waals surface area contributed by atoms with E-state index in [-0.39, 0.29) is 22.2 Å². The molecule has 0 saturated heterocycles. The number of carbonyl (C=O) groups excluding carboxylic acids is 1. The van der Waals surface area contributed by atoms with Crippen LogP contribution in [0.3, 0.4) is 0 Å². The molecule has 166 valence electrons. The molecule has 5 rings (SSSR count). The summed E-state index contributed by atoms with van der Waals surface area (Å²) in [5, 5.41) is 31.5. The van der Waals surface area contributed by atoms with E-state index in [1.165, 1.54) is 22.2 Å². The second-order valence-corrected chi connectivity index (χ2v) is 8.80. The molecule has 0 spiro atoms. The minimum Gasteiger partial charge on any atom is -0.505 e. The normalized spacial score (nSPS) is 16.3. The number of phenols is 1. The number of nitrogens with one attached hydrogen (secondary N) is 1. The van der Waals surface area contributed by atoms with Crippen molar-refractivity contribution in [3.8, 4) is 16.9 Å². The van der Waals surface area contributed by atoms with Gasteiger partial charge < -0.3 is 10.2 Å². The maximum absolute atomic E-state index is 13.0. The lowest BCUT2D eigenvalue weighted by molar-refractivity contribution is -0.112. The van der Waals surface area contributed by atoms with Crippen LogP contribution >= 0.6 is 11.3 Å². The first kappa shape index (κ1) is 20.9. The van der Waals surface area contributed by atoms with Gasteiger partial charge in [0.05, 0.1) is 17.1 Å². The maximum atomic E-state index is 13.0. The van der Waals surface area contributed by atoms with E-state index in [0.29, 0.717) is 28.2 Å². The van der Waals surface area contributed by atoms with Crippen molar-refractivity contribution in [3.63, 3.8) is 0 Å². The lowest BCUT2D eigenvalue weighted by atomic mass is 10.1. The molecule has 1 aliphatic carbocycles. The molecule has 9 heteroatoms. The molecule has 8 nitrogen and oxygen atoms in total. The predicted molar refractivity (Wildman–Crippen MR) is 128 cm³/mol. The number of carboxylic acid groups (broad SMARTS) is 1. The lowest BCUT2D eigenvalue weighted by Gasteiger charge is -2.13. The molecule has 0 radical (unpaired) electrons. The fourth-order valence-corrected chi connectivity index (χ4v) is 4.81. The van der Waals surface area contributed by atoms with E-state index in [9.17, 15) is 14.7 Å². The zero-order chi connectivity index (χ0) is 23.1. The molecule has 0 atom stereocenters. The number of aryl methyl sites for hydroxylation is 2. The maximum Gasteiger partial charge on any atom is 0.345 e. The van der Waals surface area contributed by atoms with Gasteiger partial charge >= 0.3 is 11.9 Å². The summed E-state index contributed by atoms with van der Waals surface area (Å²) in [6.45, 7) is 1.71. The number of carbonyl (C=O) groups is 2. The summed E-state index contributed by atoms with van der Waals surface area (Å²) in [5.74, 6) is -1.46. The SMILES string of the molecule is CC1=NN(c2ccc3c(c2)CCC3)C(=O)/C1=N/Nc1cccc(-c2csc(C(=O)O)c2)c1O. The Morgan fingerprint density at radius 1 is 1.18 bits per heavy atom. The van der Waals surface area contributed by atoms with Gasteiger partial charge in [-0.25, -0.2) is 4.79 Å². The highest BCUT2D eigenvalue weighted by Crippen LogP contribution is 2.37. The first-order valence-electron chi connectivity index (χ1n) is 10.4. The molecule has 1 amide bonds. The zero-order valence-electron chi connectivity index (χ0n) is 17.7. The van der Waals surface area contributed by atoms with Gasteiger partial charge in [-0.15, -0.1) is 11.3 Å². The number of anilines is 2. The second kappa shape index (κ2) is 8.18. The van der Waals surface area contributed by atoms with Crippen LogP contribution in [0.15, 0.2) is 58.0 Å². The number of thiophene rings is 1. The number of nitrogens with zero attached hydrogens (tertiary/aromatic N) is 3. The first-order chi connectivity index (χ1) is 15.9. The smallest absolute Gasteiger partial charge is 0.345 e. The highest BCUT2D eigenvalue weighted by molar-refractivity contribution is 7.12. The highest BCUT2D eigenvalue weighted by Gasteiger charge is 2.31. The minimum atomic E-state index is -1.02. The molecule has 1 aliphatic heterocycles. The number of hydrogen-bond acceptors (Lipinski definition) is 7. The Morgan fingerprint density at radius 2 is 2.00 bits per heavy atom. The lowest BCUT2D eigenvalue weighted by Crippen LogP contribution is -2.28. The predicted octanol–water partition coefficient (Wildman–Crippen LogP) is 4.50. The Hall–Kier alpha value is -3.98. The Kier molecular flexibility index (Phi) is 5.18. The minimum absolute atomic E-state index is 0.0906. The van der Waals surface area contributed by atoms with Crippen LogP contribution in [0.2, 0.25) is 0 Å². The number of benzene rings is 2. The van der Waals surface area contributed by atoms with E-state index < -0.39 is 5.97 Å². The number of phenolic OH excluding ortho intramolecular Hbond substituents is 1. The van der Waals surface area contributed by atoms with Gasteiger partial charge in [-0.2, -0.15) is 15.2 Å². The number of aromatic carboxylic acids is 1. The average Bonchev–Trinajstić information content (AvgIpc) is 3.52. The first-order valence-corrected chi connectivity index (χ1v) is 11.3. The van der Waals surface area contributed by atoms with E-state index in [1.807, 2.05) is 18.2 Å². The molecule has 0 bridgehead atoms. The Bertz CT molecular complexity index is 1360. The van der Waals surface area contributed by atoms with Crippen LogP contribution in [-0.4, -0.2) is 33.5 Å². The summed E-state index contributed by atoms with van der Waals surface area (Å²) >= 11 is 1.08. The van der Waals surface area contributed by atoms with Crippen LogP contribution in [0.4, 0.5) is 11.4 Å². The number of carboxylic acids is 1. The number of hydrogen-bond donors (Lipinski definition) is 3. The van der Waals surface area contributed by atoms with Gasteiger partial charge in [0.1, 0.15) is 10.6 Å². The summed E-state index contributed by atoms with van der Waals surface area (Å²) in [5.41, 5.74) is 8.01. The molecule has 0 fully saturated rings. The quantitative estimate of drug-likeness (QED) is 0.383. The van der Waals surface area contributed by atoms with Crippen molar-refractivity contribution in [3.05, 3.63) is 63.8 Å². The highest BCUT2D eigenvalue weighted by atomic mass is 32.1. The van der Waals surface area contributed by atoms with Gasteiger partial charge in [-0.05, 0) is 72.5 Å². The molecular formula is C24H20N4O4S. The largest absolute Gasteiger partial charge is 0.505 e. The zero-order valence-corrected chi connectivity index (χ0v) is 18.5. The van der Waals surface area contributed by atoms with Gasteiger partial charge in [0.2, 0.25) is 0 Å². The molecule has 3 aromatic rings. The van der Waals surface area contributed by atoms with Crippen LogP contribution < -0.4 is 10.4 Å². The molecule has 2 aliphatic rings. The standard InChI is InChI=1S/C24H20N4O4S/c1-13-21(23(30)28(27-13)17-9-8-14-4-2-5-15(14)10-17)26-25-19-7-3-6-18(22(19)29)16-11-20(24(31)32)33-12-16/h3,6-12,25,29H,2,4-5H2,1H3,(H,31,32)/b26-21+. The average molecular weight is 461 g/mol. The van der Waals surface area contributed by atoms with Crippen molar-refractivity contribution in [2.45, 2.75) is 26.2 Å². The Labute approximate surface area is 193 Å². The van der Waals surface area contributed by atoms with Crippen molar-refractivity contribution in [1.82, 2.24) is 0 Å². The summed E-state index contributed by atoms with van der Waals surface area (Å²) in [6.07, 6.45) is 3.19. The van der Waals surface area contributed by atoms with Gasteiger partial charge in [-0.3, -0.25) is 10.2 Å². The molecule has 0 unspecified atom stereocenters. The van der Waals surface area contributed by atoms with E-state index in [4.69, 9.17) is 5.11 Å². The summed E-state index contributed by atoms with van der Waals surface area (Å²) < 4.78 is 0. The van der Waals surface area contributed by atoms with Crippen molar-refractivity contribution < 1.29 is 19.8 Å². The topological polar surface area (TPSA) is 115 Å². The van der Waals surface area contributed by atoms with Gasteiger partial charge in [-0.1, -0.05) is 18.2 Å². The Balaban J connectivity index is 1.39. The fourth-order valence-electron chi connectivity index (χ4n) is 4.06. The number of hydrazone groups is 2. The number of rotatable bonds is 5. The molecule has 0 saturated carbocycles. The van der Waals surface area contributed by atoms with Gasteiger partial charge in [0.25, 0.3) is 0 Å². The van der Waals surface area contributed by atoms with Gasteiger partial charge in [0.15, 0.2) is 5.71 Å². The third-order valence-corrected chi connectivity index (χ3v) is 6.68. The van der Waals surface area contributed by atoms with E-state index >= 15 is 0 Å². The molecule has 33 heavy (non-hydrogen) atoms. The van der Waals surface area contributed by atoms with Crippen molar-refractivity contribution in [2.75, 3.05) is 10.4 Å². The number of aromatic hydroxyl groups is 1. The van der Waals surface area contributed by atoms with Crippen LogP contribution in [-0.2, 0) is 17.6 Å². The van der Waals surface area contributed by atoms with E-state index in [1.54, 1.807) is 30.5 Å². The van der Waals surface area contributed by atoms with E-state index in [0.717, 1.165) is 30.6 Å². The van der Waals surface area contributed by atoms with Crippen LogP contribution in [0, 0.1) is 0 Å². The summed E-state index contributed by atoms with van der Waals surface area (Å²) in [4.78, 5) is 24.3. The molecule has 2 heterocycles. The molecular weight excluding hydrogens is 440 g/mol. The van der Waals surface area contributed by atoms with E-state index in [2.05, 4.69) is 15.6 Å². The van der Waals surface area contributed by atoms with Crippen LogP contribution in [0.5, 0.6) is 5.75 Å². The number of para-hydroxylation sites is 1. The van der Waals surface area contributed by atoms with Crippen LogP contribution in [0.25, 0.3) is 11.1 Å². The van der Waals surface area contributed by atoms with Crippen molar-refractivity contribution in [2.24, 2.45) is 10.2 Å². The molecule has 1 aromatic heterocycles. The fraction of sp³-hybridized carbons (Fsp3) is 0.167. The second-order valence-electron chi connectivity index (χ2n) is 7.89. The van der Waals surface area contributed by atoms with Crippen LogP contribution in [0.1, 0.15) is 34.1 Å². The summed E-state index contributed by atoms with van der Waals surface area (Å²) in [6, 6.07) is 12.5. The summed E-state index contributed by atoms with van der Waals surface area (Å²) in [7, 11) is 0. The third kappa shape index (κ3) is 3.76. The van der Waals surface area contributed by atoms with Crippen molar-refractivity contribution in [1.29, 1.82) is 0 Å².